The summed E-state index contributed by atoms with van der Waals surface area (Å²) in [6.45, 7) is 6.00. The first-order valence-electron chi connectivity index (χ1n) is 8.73. The second kappa shape index (κ2) is 8.16. The van der Waals surface area contributed by atoms with Gasteiger partial charge in [0.15, 0.2) is 0 Å². The van der Waals surface area contributed by atoms with Crippen LogP contribution in [0.2, 0.25) is 0 Å². The normalized spacial score (nSPS) is 17.5. The first kappa shape index (κ1) is 17.5. The van der Waals surface area contributed by atoms with Gasteiger partial charge in [-0.05, 0) is 32.3 Å². The fourth-order valence-electron chi connectivity index (χ4n) is 3.08. The molecule has 1 fully saturated rings. The number of amides is 2. The molecule has 1 aromatic heterocycles. The summed E-state index contributed by atoms with van der Waals surface area (Å²) in [6, 6.07) is 10.3. The summed E-state index contributed by atoms with van der Waals surface area (Å²) < 4.78 is 11.0. The van der Waals surface area contributed by atoms with Crippen molar-refractivity contribution in [2.75, 3.05) is 19.7 Å². The summed E-state index contributed by atoms with van der Waals surface area (Å²) in [5, 5.41) is 6.87. The smallest absolute Gasteiger partial charge is 0.317 e. The van der Waals surface area contributed by atoms with Gasteiger partial charge in [0.1, 0.15) is 5.76 Å². The van der Waals surface area contributed by atoms with Crippen LogP contribution >= 0.6 is 0 Å². The SMILES string of the molecule is Cc1noc(C)c1CNC(=O)N1CCO[C@H](CCc2ccccc2)C1. The number of aromatic nitrogens is 1. The van der Waals surface area contributed by atoms with Gasteiger partial charge in [0.25, 0.3) is 0 Å². The van der Waals surface area contributed by atoms with Gasteiger partial charge in [0.2, 0.25) is 0 Å². The van der Waals surface area contributed by atoms with Crippen molar-refractivity contribution in [3.05, 3.63) is 52.9 Å². The molecule has 2 amide bonds. The number of aryl methyl sites for hydroxylation is 3. The van der Waals surface area contributed by atoms with Crippen molar-refractivity contribution in [2.24, 2.45) is 0 Å². The molecule has 2 heterocycles. The maximum absolute atomic E-state index is 12.4. The molecule has 6 heteroatoms. The van der Waals surface area contributed by atoms with Gasteiger partial charge < -0.3 is 19.5 Å². The number of nitrogens with one attached hydrogen (secondary N) is 1. The highest BCUT2D eigenvalue weighted by molar-refractivity contribution is 5.74. The highest BCUT2D eigenvalue weighted by atomic mass is 16.5. The van der Waals surface area contributed by atoms with Crippen LogP contribution in [0.5, 0.6) is 0 Å². The number of hydrogen-bond acceptors (Lipinski definition) is 4. The third-order valence-electron chi connectivity index (χ3n) is 4.62. The number of ether oxygens (including phenoxy) is 1. The number of benzene rings is 1. The molecular weight excluding hydrogens is 318 g/mol. The summed E-state index contributed by atoms with van der Waals surface area (Å²) >= 11 is 0. The second-order valence-corrected chi connectivity index (χ2v) is 6.42. The number of carbonyl (C=O) groups excluding carboxylic acids is 1. The van der Waals surface area contributed by atoms with Gasteiger partial charge in [-0.3, -0.25) is 0 Å². The first-order chi connectivity index (χ1) is 12.1. The molecule has 134 valence electrons. The van der Waals surface area contributed by atoms with E-state index in [-0.39, 0.29) is 12.1 Å². The average molecular weight is 343 g/mol. The standard InChI is InChI=1S/C19H25N3O3/c1-14-18(15(2)25-21-14)12-20-19(23)22-10-11-24-17(13-22)9-8-16-6-4-3-5-7-16/h3-7,17H,8-13H2,1-2H3,(H,20,23)/t17-/m1/s1. The minimum absolute atomic E-state index is 0.0620. The van der Waals surface area contributed by atoms with Crippen molar-refractivity contribution in [3.63, 3.8) is 0 Å². The molecule has 0 bridgehead atoms. The molecule has 1 aliphatic heterocycles. The van der Waals surface area contributed by atoms with Gasteiger partial charge in [-0.15, -0.1) is 0 Å². The lowest BCUT2D eigenvalue weighted by atomic mass is 10.1. The van der Waals surface area contributed by atoms with Crippen LogP contribution in [-0.4, -0.2) is 41.9 Å². The van der Waals surface area contributed by atoms with E-state index in [0.29, 0.717) is 26.2 Å². The number of nitrogens with zero attached hydrogens (tertiary/aromatic N) is 2. The van der Waals surface area contributed by atoms with Gasteiger partial charge in [-0.2, -0.15) is 0 Å². The van der Waals surface area contributed by atoms with Crippen LogP contribution in [0.3, 0.4) is 0 Å². The van der Waals surface area contributed by atoms with E-state index >= 15 is 0 Å². The molecule has 1 saturated heterocycles. The van der Waals surface area contributed by atoms with Crippen LogP contribution in [-0.2, 0) is 17.7 Å². The Morgan fingerprint density at radius 1 is 1.32 bits per heavy atom. The fraction of sp³-hybridized carbons (Fsp3) is 0.474. The van der Waals surface area contributed by atoms with Crippen molar-refractivity contribution in [1.82, 2.24) is 15.4 Å². The van der Waals surface area contributed by atoms with Gasteiger partial charge >= 0.3 is 6.03 Å². The zero-order valence-electron chi connectivity index (χ0n) is 14.8. The third-order valence-corrected chi connectivity index (χ3v) is 4.62. The first-order valence-corrected chi connectivity index (χ1v) is 8.73. The molecular formula is C19H25N3O3. The molecule has 1 N–H and O–H groups in total. The molecule has 1 atom stereocenters. The Morgan fingerprint density at radius 2 is 2.12 bits per heavy atom. The van der Waals surface area contributed by atoms with E-state index in [9.17, 15) is 4.79 Å². The molecule has 3 rings (SSSR count). The van der Waals surface area contributed by atoms with E-state index in [1.165, 1.54) is 5.56 Å². The highest BCUT2D eigenvalue weighted by Gasteiger charge is 2.24. The van der Waals surface area contributed by atoms with E-state index in [1.54, 1.807) is 0 Å². The molecule has 1 aromatic carbocycles. The third kappa shape index (κ3) is 4.60. The van der Waals surface area contributed by atoms with Crippen LogP contribution in [0, 0.1) is 13.8 Å². The van der Waals surface area contributed by atoms with E-state index in [2.05, 4.69) is 22.6 Å². The van der Waals surface area contributed by atoms with Crippen molar-refractivity contribution in [3.8, 4) is 0 Å². The molecule has 0 saturated carbocycles. The summed E-state index contributed by atoms with van der Waals surface area (Å²) in [4.78, 5) is 14.3. The van der Waals surface area contributed by atoms with Gasteiger partial charge in [0, 0.05) is 25.2 Å². The van der Waals surface area contributed by atoms with Crippen LogP contribution in [0.4, 0.5) is 4.79 Å². The van der Waals surface area contributed by atoms with Crippen molar-refractivity contribution in [2.45, 2.75) is 39.3 Å². The quantitative estimate of drug-likeness (QED) is 0.906. The Hall–Kier alpha value is -2.34. The monoisotopic (exact) mass is 343 g/mol. The number of urea groups is 1. The summed E-state index contributed by atoms with van der Waals surface area (Å²) in [5.74, 6) is 0.750. The van der Waals surface area contributed by atoms with Crippen LogP contribution in [0.1, 0.15) is 29.0 Å². The summed E-state index contributed by atoms with van der Waals surface area (Å²) in [5.41, 5.74) is 3.06. The molecule has 6 nitrogen and oxygen atoms in total. The molecule has 0 unspecified atom stereocenters. The van der Waals surface area contributed by atoms with Crippen molar-refractivity contribution < 1.29 is 14.1 Å². The zero-order chi connectivity index (χ0) is 17.6. The fourth-order valence-corrected chi connectivity index (χ4v) is 3.08. The Balaban J connectivity index is 1.48. The van der Waals surface area contributed by atoms with Crippen LogP contribution < -0.4 is 5.32 Å². The van der Waals surface area contributed by atoms with Crippen LogP contribution in [0.15, 0.2) is 34.9 Å². The van der Waals surface area contributed by atoms with Crippen molar-refractivity contribution in [1.29, 1.82) is 0 Å². The Kier molecular flexibility index (Phi) is 5.71. The number of morpholine rings is 1. The Morgan fingerprint density at radius 3 is 2.84 bits per heavy atom. The predicted molar refractivity (Wildman–Crippen MR) is 94.3 cm³/mol. The molecule has 0 radical (unpaired) electrons. The predicted octanol–water partition coefficient (Wildman–Crippen LogP) is 2.83. The van der Waals surface area contributed by atoms with E-state index in [1.807, 2.05) is 36.9 Å². The van der Waals surface area contributed by atoms with Crippen molar-refractivity contribution >= 4 is 6.03 Å². The molecule has 0 spiro atoms. The average Bonchev–Trinajstić information content (AvgIpc) is 2.97. The number of hydrogen-bond donors (Lipinski definition) is 1. The Labute approximate surface area is 148 Å². The van der Waals surface area contributed by atoms with E-state index in [0.717, 1.165) is 29.9 Å². The number of rotatable bonds is 5. The molecule has 2 aromatic rings. The lowest BCUT2D eigenvalue weighted by Gasteiger charge is -2.33. The van der Waals surface area contributed by atoms with Gasteiger partial charge in [-0.1, -0.05) is 35.5 Å². The maximum Gasteiger partial charge on any atom is 0.317 e. The molecule has 0 aliphatic carbocycles. The largest absolute Gasteiger partial charge is 0.375 e. The maximum atomic E-state index is 12.4. The van der Waals surface area contributed by atoms with Gasteiger partial charge in [-0.25, -0.2) is 4.79 Å². The Bertz CT molecular complexity index is 680. The van der Waals surface area contributed by atoms with E-state index < -0.39 is 0 Å². The zero-order valence-corrected chi connectivity index (χ0v) is 14.8. The van der Waals surface area contributed by atoms with E-state index in [4.69, 9.17) is 9.26 Å². The summed E-state index contributed by atoms with van der Waals surface area (Å²) in [7, 11) is 0. The highest BCUT2D eigenvalue weighted by Crippen LogP contribution is 2.14. The molecule has 1 aliphatic rings. The molecule has 25 heavy (non-hydrogen) atoms. The lowest BCUT2D eigenvalue weighted by molar-refractivity contribution is -0.0176. The lowest BCUT2D eigenvalue weighted by Crippen LogP contribution is -2.49. The minimum Gasteiger partial charge on any atom is -0.375 e. The minimum atomic E-state index is -0.0620. The second-order valence-electron chi connectivity index (χ2n) is 6.42. The topological polar surface area (TPSA) is 67.6 Å². The van der Waals surface area contributed by atoms with Crippen LogP contribution in [0.25, 0.3) is 0 Å². The number of carbonyl (C=O) groups is 1. The summed E-state index contributed by atoms with van der Waals surface area (Å²) in [6.07, 6.45) is 1.95. The van der Waals surface area contributed by atoms with Gasteiger partial charge in [0.05, 0.1) is 18.4 Å².